The summed E-state index contributed by atoms with van der Waals surface area (Å²) >= 11 is 1.75. The molecule has 2 heterocycles. The lowest BCUT2D eigenvalue weighted by Crippen LogP contribution is -2.10. The van der Waals surface area contributed by atoms with E-state index in [1.165, 1.54) is 37.6 Å². The Balaban J connectivity index is 1.24. The van der Waals surface area contributed by atoms with Gasteiger partial charge in [-0.15, -0.1) is 11.3 Å². The fourth-order valence-electron chi connectivity index (χ4n) is 5.97. The number of hydrogen-bond acceptors (Lipinski definition) is 3. The number of nitrogens with zero attached hydrogens (tertiary/aromatic N) is 3. The molecule has 8 aromatic rings. The Morgan fingerprint density at radius 1 is 0.558 bits per heavy atom. The van der Waals surface area contributed by atoms with Crippen LogP contribution in [0.4, 0.5) is 17.1 Å². The van der Waals surface area contributed by atoms with E-state index in [1.54, 1.807) is 11.3 Å². The van der Waals surface area contributed by atoms with Crippen LogP contribution in [0.2, 0.25) is 0 Å². The van der Waals surface area contributed by atoms with Gasteiger partial charge in [-0.3, -0.25) is 0 Å². The third-order valence-electron chi connectivity index (χ3n) is 8.16. The fourth-order valence-corrected chi connectivity index (χ4v) is 6.93. The predicted molar refractivity (Wildman–Crippen MR) is 184 cm³/mol. The summed E-state index contributed by atoms with van der Waals surface area (Å²) < 4.78 is 3.59. The highest BCUT2D eigenvalue weighted by atomic mass is 32.1. The third-order valence-corrected chi connectivity index (χ3v) is 9.25. The lowest BCUT2D eigenvalue weighted by atomic mass is 10.1. The predicted octanol–water partition coefficient (Wildman–Crippen LogP) is 11.1. The Morgan fingerprint density at radius 2 is 1.14 bits per heavy atom. The number of aromatic nitrogens is 2. The number of thiazole rings is 1. The maximum absolute atomic E-state index is 4.93. The zero-order chi connectivity index (χ0) is 28.9. The molecule has 0 aliphatic carbocycles. The molecule has 0 fully saturated rings. The van der Waals surface area contributed by atoms with Gasteiger partial charge >= 0.3 is 0 Å². The second-order valence-electron chi connectivity index (χ2n) is 11.1. The molecule has 43 heavy (non-hydrogen) atoms. The first-order valence-corrected chi connectivity index (χ1v) is 15.4. The van der Waals surface area contributed by atoms with E-state index in [1.807, 2.05) is 0 Å². The Hall–Kier alpha value is -5.19. The molecular formula is C39H29N3S. The average Bonchev–Trinajstić information content (AvgIpc) is 3.63. The van der Waals surface area contributed by atoms with Gasteiger partial charge in [-0.2, -0.15) is 0 Å². The number of para-hydroxylation sites is 2. The molecule has 6 aromatic carbocycles. The molecule has 0 aliphatic heterocycles. The van der Waals surface area contributed by atoms with Crippen molar-refractivity contribution in [3.63, 3.8) is 0 Å². The van der Waals surface area contributed by atoms with Crippen LogP contribution >= 0.6 is 11.3 Å². The molecule has 0 N–H and O–H groups in total. The van der Waals surface area contributed by atoms with Crippen LogP contribution in [0.25, 0.3) is 48.3 Å². The van der Waals surface area contributed by atoms with E-state index in [-0.39, 0.29) is 0 Å². The molecule has 4 heteroatoms. The monoisotopic (exact) mass is 571 g/mol. The zero-order valence-electron chi connectivity index (χ0n) is 24.0. The van der Waals surface area contributed by atoms with Gasteiger partial charge in [-0.05, 0) is 98.8 Å². The maximum atomic E-state index is 4.93. The first-order valence-electron chi connectivity index (χ1n) is 14.6. The van der Waals surface area contributed by atoms with Gasteiger partial charge in [-0.1, -0.05) is 65.7 Å². The summed E-state index contributed by atoms with van der Waals surface area (Å²) in [5.41, 5.74) is 11.6. The Labute approximate surface area is 254 Å². The number of hydrogen-bond donors (Lipinski definition) is 0. The van der Waals surface area contributed by atoms with E-state index in [0.717, 1.165) is 38.8 Å². The minimum absolute atomic E-state index is 1.05. The maximum Gasteiger partial charge on any atom is 0.124 e. The normalized spacial score (nSPS) is 11.5. The summed E-state index contributed by atoms with van der Waals surface area (Å²) in [6.07, 6.45) is 0. The van der Waals surface area contributed by atoms with Crippen LogP contribution in [0.15, 0.2) is 140 Å². The minimum atomic E-state index is 1.05. The number of rotatable bonds is 5. The van der Waals surface area contributed by atoms with E-state index < -0.39 is 0 Å². The van der Waals surface area contributed by atoms with Crippen LogP contribution in [-0.4, -0.2) is 9.55 Å². The molecule has 0 saturated carbocycles. The third kappa shape index (κ3) is 4.48. The summed E-state index contributed by atoms with van der Waals surface area (Å²) in [6.45, 7) is 4.25. The first kappa shape index (κ1) is 25.5. The van der Waals surface area contributed by atoms with E-state index in [4.69, 9.17) is 4.98 Å². The quantitative estimate of drug-likeness (QED) is 0.205. The van der Waals surface area contributed by atoms with E-state index >= 15 is 0 Å². The zero-order valence-corrected chi connectivity index (χ0v) is 24.8. The highest BCUT2D eigenvalue weighted by Gasteiger charge is 2.16. The largest absolute Gasteiger partial charge is 0.311 e. The highest BCUT2D eigenvalue weighted by Crippen LogP contribution is 2.39. The smallest absolute Gasteiger partial charge is 0.124 e. The second-order valence-corrected chi connectivity index (χ2v) is 12.1. The van der Waals surface area contributed by atoms with E-state index in [9.17, 15) is 0 Å². The van der Waals surface area contributed by atoms with Gasteiger partial charge in [0.25, 0.3) is 0 Å². The molecule has 206 valence electrons. The number of aryl methyl sites for hydroxylation is 2. The first-order chi connectivity index (χ1) is 21.1. The summed E-state index contributed by atoms with van der Waals surface area (Å²) in [6, 6.07) is 50.2. The van der Waals surface area contributed by atoms with Crippen molar-refractivity contribution in [2.45, 2.75) is 13.8 Å². The van der Waals surface area contributed by atoms with Gasteiger partial charge in [0.1, 0.15) is 5.01 Å². The number of benzene rings is 6. The van der Waals surface area contributed by atoms with E-state index in [0.29, 0.717) is 0 Å². The van der Waals surface area contributed by atoms with Crippen molar-refractivity contribution >= 4 is 60.4 Å². The topological polar surface area (TPSA) is 21.1 Å². The van der Waals surface area contributed by atoms with Crippen LogP contribution in [-0.2, 0) is 0 Å². The molecule has 8 rings (SSSR count). The van der Waals surface area contributed by atoms with Gasteiger partial charge in [0.2, 0.25) is 0 Å². The summed E-state index contributed by atoms with van der Waals surface area (Å²) in [7, 11) is 0. The van der Waals surface area contributed by atoms with Crippen LogP contribution in [0, 0.1) is 13.8 Å². The van der Waals surface area contributed by atoms with Gasteiger partial charge in [0, 0.05) is 39.1 Å². The van der Waals surface area contributed by atoms with Crippen molar-refractivity contribution in [2.75, 3.05) is 4.90 Å². The lowest BCUT2D eigenvalue weighted by Gasteiger charge is -2.26. The summed E-state index contributed by atoms with van der Waals surface area (Å²) in [5.74, 6) is 0. The molecule has 2 aromatic heterocycles. The summed E-state index contributed by atoms with van der Waals surface area (Å²) in [5, 5.41) is 3.53. The summed E-state index contributed by atoms with van der Waals surface area (Å²) in [4.78, 5) is 7.25. The van der Waals surface area contributed by atoms with Crippen molar-refractivity contribution in [1.82, 2.24) is 9.55 Å². The molecule has 0 spiro atoms. The molecule has 0 amide bonds. The lowest BCUT2D eigenvalue weighted by molar-refractivity contribution is 1.17. The van der Waals surface area contributed by atoms with Gasteiger partial charge in [0.05, 0.1) is 21.3 Å². The van der Waals surface area contributed by atoms with Crippen molar-refractivity contribution in [3.8, 4) is 16.3 Å². The highest BCUT2D eigenvalue weighted by molar-refractivity contribution is 7.21. The number of fused-ring (bicyclic) bond motifs is 4. The molecule has 0 unspecified atom stereocenters. The van der Waals surface area contributed by atoms with Crippen LogP contribution < -0.4 is 4.90 Å². The van der Waals surface area contributed by atoms with Gasteiger partial charge in [-0.25, -0.2) is 4.98 Å². The van der Waals surface area contributed by atoms with E-state index in [2.05, 4.69) is 163 Å². The fraction of sp³-hybridized carbons (Fsp3) is 0.0513. The van der Waals surface area contributed by atoms with Crippen molar-refractivity contribution in [3.05, 3.63) is 151 Å². The van der Waals surface area contributed by atoms with Crippen LogP contribution in [0.1, 0.15) is 11.1 Å². The van der Waals surface area contributed by atoms with Crippen LogP contribution in [0.5, 0.6) is 0 Å². The molecular weight excluding hydrogens is 543 g/mol. The molecule has 3 nitrogen and oxygen atoms in total. The van der Waals surface area contributed by atoms with Crippen molar-refractivity contribution in [1.29, 1.82) is 0 Å². The Bertz CT molecular complexity index is 2160. The molecule has 0 bridgehead atoms. The molecule has 0 atom stereocenters. The Morgan fingerprint density at radius 3 is 1.81 bits per heavy atom. The average molecular weight is 572 g/mol. The second kappa shape index (κ2) is 10.3. The van der Waals surface area contributed by atoms with Crippen molar-refractivity contribution in [2.24, 2.45) is 0 Å². The van der Waals surface area contributed by atoms with Gasteiger partial charge < -0.3 is 9.47 Å². The molecule has 0 radical (unpaired) electrons. The standard InChI is InChI=1S/C39H29N3S/c1-26-11-16-29(17-12-26)41(30-18-13-27(2)14-19-30)31-20-22-32(23-21-31)42-36-9-5-3-7-33(36)34-25-28(15-24-37(34)42)39-40-35-8-4-6-10-38(35)43-39/h3-25H,1-2H3. The molecule has 0 saturated heterocycles. The van der Waals surface area contributed by atoms with Crippen molar-refractivity contribution < 1.29 is 0 Å². The van der Waals surface area contributed by atoms with Crippen LogP contribution in [0.3, 0.4) is 0 Å². The van der Waals surface area contributed by atoms with Gasteiger partial charge in [0.15, 0.2) is 0 Å². The minimum Gasteiger partial charge on any atom is -0.311 e. The number of anilines is 3. The molecule has 0 aliphatic rings. The SMILES string of the molecule is Cc1ccc(N(c2ccc(C)cc2)c2ccc(-n3c4ccccc4c4cc(-c5nc6ccccc6s5)ccc43)cc2)cc1. The Kier molecular flexibility index (Phi) is 6.09.